The topological polar surface area (TPSA) is 42.4 Å². The summed E-state index contributed by atoms with van der Waals surface area (Å²) >= 11 is 3.33. The molecule has 2 N–H and O–H groups in total. The van der Waals surface area contributed by atoms with E-state index in [0.717, 1.165) is 30.1 Å². The maximum absolute atomic E-state index is 5.97. The summed E-state index contributed by atoms with van der Waals surface area (Å²) in [5.41, 5.74) is 5.97. The summed E-state index contributed by atoms with van der Waals surface area (Å²) in [6.07, 6.45) is 2.50. The Balaban J connectivity index is 1.90. The Hall–Kier alpha value is -0.320. The zero-order valence-electron chi connectivity index (χ0n) is 9.66. The molecule has 1 fully saturated rings. The Morgan fingerprint density at radius 1 is 1.62 bits per heavy atom. The van der Waals surface area contributed by atoms with Crippen molar-refractivity contribution in [2.75, 3.05) is 13.1 Å². The summed E-state index contributed by atoms with van der Waals surface area (Å²) in [6.45, 7) is 5.25. The SMILES string of the molecule is CC(N)C1CCCN(Cc2ccc(Br)o2)C1. The maximum Gasteiger partial charge on any atom is 0.169 e. The highest BCUT2D eigenvalue weighted by atomic mass is 79.9. The molecule has 4 heteroatoms. The molecule has 2 heterocycles. The molecule has 90 valence electrons. The summed E-state index contributed by atoms with van der Waals surface area (Å²) in [7, 11) is 0. The molecule has 1 aromatic heterocycles. The average molecular weight is 287 g/mol. The molecule has 2 atom stereocenters. The van der Waals surface area contributed by atoms with Gasteiger partial charge in [-0.25, -0.2) is 0 Å². The molecule has 0 bridgehead atoms. The van der Waals surface area contributed by atoms with Crippen molar-refractivity contribution < 1.29 is 4.42 Å². The first kappa shape index (κ1) is 12.1. The largest absolute Gasteiger partial charge is 0.453 e. The van der Waals surface area contributed by atoms with Crippen LogP contribution >= 0.6 is 15.9 Å². The van der Waals surface area contributed by atoms with Crippen molar-refractivity contribution in [2.45, 2.75) is 32.4 Å². The number of rotatable bonds is 3. The van der Waals surface area contributed by atoms with Gasteiger partial charge < -0.3 is 10.2 Å². The number of hydrogen-bond donors (Lipinski definition) is 1. The Morgan fingerprint density at radius 3 is 3.06 bits per heavy atom. The third kappa shape index (κ3) is 3.09. The van der Waals surface area contributed by atoms with Crippen molar-refractivity contribution in [3.8, 4) is 0 Å². The van der Waals surface area contributed by atoms with Crippen LogP contribution in [0.3, 0.4) is 0 Å². The summed E-state index contributed by atoms with van der Waals surface area (Å²) in [5, 5.41) is 0. The normalized spacial score (nSPS) is 24.6. The van der Waals surface area contributed by atoms with Crippen LogP contribution in [-0.2, 0) is 6.54 Å². The molecule has 0 spiro atoms. The van der Waals surface area contributed by atoms with Crippen LogP contribution in [0.25, 0.3) is 0 Å². The second-order valence-corrected chi connectivity index (χ2v) is 5.48. The third-order valence-electron chi connectivity index (χ3n) is 3.29. The Labute approximate surface area is 105 Å². The second kappa shape index (κ2) is 5.34. The molecule has 16 heavy (non-hydrogen) atoms. The van der Waals surface area contributed by atoms with E-state index in [0.29, 0.717) is 12.0 Å². The molecule has 0 amide bonds. The number of furan rings is 1. The van der Waals surface area contributed by atoms with E-state index in [-0.39, 0.29) is 0 Å². The highest BCUT2D eigenvalue weighted by Crippen LogP contribution is 2.22. The van der Waals surface area contributed by atoms with E-state index in [9.17, 15) is 0 Å². The summed E-state index contributed by atoms with van der Waals surface area (Å²) in [6, 6.07) is 4.27. The van der Waals surface area contributed by atoms with Crippen molar-refractivity contribution in [1.82, 2.24) is 4.90 Å². The van der Waals surface area contributed by atoms with E-state index in [1.165, 1.54) is 12.8 Å². The maximum atomic E-state index is 5.97. The number of halogens is 1. The van der Waals surface area contributed by atoms with Crippen molar-refractivity contribution in [2.24, 2.45) is 11.7 Å². The Kier molecular flexibility index (Phi) is 4.05. The van der Waals surface area contributed by atoms with Crippen LogP contribution in [0.4, 0.5) is 0 Å². The number of hydrogen-bond acceptors (Lipinski definition) is 3. The monoisotopic (exact) mass is 286 g/mol. The van der Waals surface area contributed by atoms with Crippen LogP contribution in [-0.4, -0.2) is 24.0 Å². The molecule has 1 aliphatic rings. The van der Waals surface area contributed by atoms with Gasteiger partial charge in [0.05, 0.1) is 6.54 Å². The first-order valence-electron chi connectivity index (χ1n) is 5.87. The first-order chi connectivity index (χ1) is 7.65. The third-order valence-corrected chi connectivity index (χ3v) is 3.72. The van der Waals surface area contributed by atoms with E-state index in [1.54, 1.807) is 0 Å². The Morgan fingerprint density at radius 2 is 2.44 bits per heavy atom. The zero-order valence-corrected chi connectivity index (χ0v) is 11.2. The summed E-state index contributed by atoms with van der Waals surface area (Å²) in [4.78, 5) is 2.43. The molecular weight excluding hydrogens is 268 g/mol. The van der Waals surface area contributed by atoms with Gasteiger partial charge in [0, 0.05) is 12.6 Å². The fourth-order valence-electron chi connectivity index (χ4n) is 2.32. The minimum atomic E-state index is 0.297. The molecule has 2 unspecified atom stereocenters. The van der Waals surface area contributed by atoms with Crippen LogP contribution in [0.1, 0.15) is 25.5 Å². The van der Waals surface area contributed by atoms with E-state index in [4.69, 9.17) is 10.2 Å². The van der Waals surface area contributed by atoms with Crippen molar-refractivity contribution in [3.63, 3.8) is 0 Å². The molecule has 0 saturated carbocycles. The van der Waals surface area contributed by atoms with Gasteiger partial charge in [0.25, 0.3) is 0 Å². The van der Waals surface area contributed by atoms with E-state index >= 15 is 0 Å². The van der Waals surface area contributed by atoms with E-state index in [1.807, 2.05) is 12.1 Å². The molecular formula is C12H19BrN2O. The summed E-state index contributed by atoms with van der Waals surface area (Å²) < 4.78 is 6.33. The predicted octanol–water partition coefficient (Wildman–Crippen LogP) is 2.60. The van der Waals surface area contributed by atoms with E-state index in [2.05, 4.69) is 27.8 Å². The van der Waals surface area contributed by atoms with Crippen LogP contribution in [0, 0.1) is 5.92 Å². The van der Waals surface area contributed by atoms with Gasteiger partial charge in [-0.3, -0.25) is 4.90 Å². The van der Waals surface area contributed by atoms with Crippen LogP contribution in [0.15, 0.2) is 21.2 Å². The van der Waals surface area contributed by atoms with Gasteiger partial charge in [-0.2, -0.15) is 0 Å². The number of nitrogens with two attached hydrogens (primary N) is 1. The quantitative estimate of drug-likeness (QED) is 0.929. The minimum absolute atomic E-state index is 0.297. The molecule has 1 saturated heterocycles. The van der Waals surface area contributed by atoms with Gasteiger partial charge in [-0.05, 0) is 60.3 Å². The Bertz CT molecular complexity index is 338. The summed E-state index contributed by atoms with van der Waals surface area (Å²) in [5.74, 6) is 1.66. The molecule has 0 radical (unpaired) electrons. The first-order valence-corrected chi connectivity index (χ1v) is 6.66. The van der Waals surface area contributed by atoms with Crippen molar-refractivity contribution in [3.05, 3.63) is 22.6 Å². The fourth-order valence-corrected chi connectivity index (χ4v) is 2.66. The molecule has 1 aromatic rings. The number of nitrogens with zero attached hydrogens (tertiary/aromatic N) is 1. The molecule has 2 rings (SSSR count). The van der Waals surface area contributed by atoms with Crippen LogP contribution in [0.5, 0.6) is 0 Å². The predicted molar refractivity (Wildman–Crippen MR) is 68.1 cm³/mol. The number of likely N-dealkylation sites (tertiary alicyclic amines) is 1. The van der Waals surface area contributed by atoms with Gasteiger partial charge in [0.15, 0.2) is 4.67 Å². The van der Waals surface area contributed by atoms with Gasteiger partial charge in [-0.1, -0.05) is 0 Å². The smallest absolute Gasteiger partial charge is 0.169 e. The lowest BCUT2D eigenvalue weighted by Gasteiger charge is -2.34. The highest BCUT2D eigenvalue weighted by molar-refractivity contribution is 9.10. The van der Waals surface area contributed by atoms with Crippen molar-refractivity contribution in [1.29, 1.82) is 0 Å². The second-order valence-electron chi connectivity index (χ2n) is 4.70. The lowest BCUT2D eigenvalue weighted by atomic mass is 9.92. The van der Waals surface area contributed by atoms with Gasteiger partial charge >= 0.3 is 0 Å². The van der Waals surface area contributed by atoms with Crippen molar-refractivity contribution >= 4 is 15.9 Å². The average Bonchev–Trinajstić information content (AvgIpc) is 2.64. The van der Waals surface area contributed by atoms with Gasteiger partial charge in [0.2, 0.25) is 0 Å². The van der Waals surface area contributed by atoms with Gasteiger partial charge in [0.1, 0.15) is 5.76 Å². The molecule has 1 aliphatic heterocycles. The molecule has 0 aliphatic carbocycles. The number of piperidine rings is 1. The molecule has 3 nitrogen and oxygen atoms in total. The lowest BCUT2D eigenvalue weighted by molar-refractivity contribution is 0.145. The van der Waals surface area contributed by atoms with Gasteiger partial charge in [-0.15, -0.1) is 0 Å². The minimum Gasteiger partial charge on any atom is -0.453 e. The molecule has 0 aromatic carbocycles. The highest BCUT2D eigenvalue weighted by Gasteiger charge is 2.23. The van der Waals surface area contributed by atoms with E-state index < -0.39 is 0 Å². The van der Waals surface area contributed by atoms with Crippen LogP contribution < -0.4 is 5.73 Å². The fraction of sp³-hybridized carbons (Fsp3) is 0.667. The zero-order chi connectivity index (χ0) is 11.5. The van der Waals surface area contributed by atoms with Crippen LogP contribution in [0.2, 0.25) is 0 Å². The lowest BCUT2D eigenvalue weighted by Crippen LogP contribution is -2.41. The standard InChI is InChI=1S/C12H19BrN2O/c1-9(14)10-3-2-6-15(7-10)8-11-4-5-12(13)16-11/h4-5,9-10H,2-3,6-8,14H2,1H3.